The van der Waals surface area contributed by atoms with E-state index in [1.54, 1.807) is 43.9 Å². The minimum absolute atomic E-state index is 0.235. The number of ether oxygens (including phenoxy) is 2. The molecule has 0 radical (unpaired) electrons. The Labute approximate surface area is 225 Å². The van der Waals surface area contributed by atoms with Crippen molar-refractivity contribution in [3.05, 3.63) is 107 Å². The third-order valence-electron chi connectivity index (χ3n) is 6.22. The quantitative estimate of drug-likeness (QED) is 0.200. The van der Waals surface area contributed by atoms with Crippen molar-refractivity contribution < 1.29 is 19.1 Å². The summed E-state index contributed by atoms with van der Waals surface area (Å²) in [6, 6.07) is 21.3. The maximum absolute atomic E-state index is 13.1. The molecule has 0 unspecified atom stereocenters. The van der Waals surface area contributed by atoms with Gasteiger partial charge in [-0.3, -0.25) is 4.79 Å². The smallest absolute Gasteiger partial charge is 0.345 e. The van der Waals surface area contributed by atoms with Gasteiger partial charge in [-0.05, 0) is 73.4 Å². The number of anilines is 1. The highest BCUT2D eigenvalue weighted by Crippen LogP contribution is 2.34. The first-order valence-corrected chi connectivity index (χ1v) is 12.9. The molecule has 4 rings (SSSR count). The number of fused-ring (bicyclic) bond motifs is 1. The van der Waals surface area contributed by atoms with Crippen LogP contribution >= 0.6 is 0 Å². The zero-order chi connectivity index (χ0) is 27.3. The minimum atomic E-state index is -1.04. The molecule has 0 aromatic heterocycles. The molecular formula is C33H33NO4. The number of carbonyl (C=O) groups excluding carboxylic acids is 2. The lowest BCUT2D eigenvalue weighted by Crippen LogP contribution is -2.39. The van der Waals surface area contributed by atoms with Gasteiger partial charge >= 0.3 is 5.97 Å². The number of rotatable bonds is 7. The van der Waals surface area contributed by atoms with E-state index >= 15 is 0 Å². The summed E-state index contributed by atoms with van der Waals surface area (Å²) in [6.07, 6.45) is 3.47. The van der Waals surface area contributed by atoms with Gasteiger partial charge in [-0.15, -0.1) is 0 Å². The molecule has 1 amide bonds. The van der Waals surface area contributed by atoms with E-state index in [9.17, 15) is 9.59 Å². The fraction of sp³-hybridized carbons (Fsp3) is 0.273. The van der Waals surface area contributed by atoms with Crippen molar-refractivity contribution in [2.45, 2.75) is 59.3 Å². The summed E-state index contributed by atoms with van der Waals surface area (Å²) in [6.45, 7) is 11.4. The number of benzene rings is 3. The van der Waals surface area contributed by atoms with Crippen LogP contribution in [0.5, 0.6) is 5.75 Å². The van der Waals surface area contributed by atoms with Crippen molar-refractivity contribution in [1.29, 1.82) is 0 Å². The van der Waals surface area contributed by atoms with E-state index < -0.39 is 11.8 Å². The zero-order valence-corrected chi connectivity index (χ0v) is 22.5. The van der Waals surface area contributed by atoms with E-state index in [1.165, 1.54) is 18.4 Å². The highest BCUT2D eigenvalue weighted by molar-refractivity contribution is 6.05. The number of cyclic esters (lactones) is 1. The lowest BCUT2D eigenvalue weighted by Gasteiger charge is -2.32. The van der Waals surface area contributed by atoms with Gasteiger partial charge in [0.05, 0.1) is 6.54 Å². The van der Waals surface area contributed by atoms with E-state index in [-0.39, 0.29) is 11.5 Å². The van der Waals surface area contributed by atoms with E-state index in [2.05, 4.69) is 49.6 Å². The number of carbonyl (C=O) groups is 2. The fourth-order valence-electron chi connectivity index (χ4n) is 4.17. The molecule has 0 fully saturated rings. The average molecular weight is 508 g/mol. The Hall–Kier alpha value is -4.30. The highest BCUT2D eigenvalue weighted by Gasteiger charge is 2.34. The van der Waals surface area contributed by atoms with Gasteiger partial charge < -0.3 is 14.4 Å². The second kappa shape index (κ2) is 11.4. The topological polar surface area (TPSA) is 55.8 Å². The molecule has 3 aromatic carbocycles. The van der Waals surface area contributed by atoms with Crippen LogP contribution in [-0.4, -0.2) is 17.7 Å². The predicted octanol–water partition coefficient (Wildman–Crippen LogP) is 6.82. The lowest BCUT2D eigenvalue weighted by atomic mass is 10.1. The second-order valence-electron chi connectivity index (χ2n) is 9.99. The molecule has 3 aromatic rings. The summed E-state index contributed by atoms with van der Waals surface area (Å²) in [5, 5.41) is 0. The summed E-state index contributed by atoms with van der Waals surface area (Å²) in [7, 11) is 0. The summed E-state index contributed by atoms with van der Waals surface area (Å²) >= 11 is 0. The Kier molecular flexibility index (Phi) is 8.02. The highest BCUT2D eigenvalue weighted by atomic mass is 16.7. The van der Waals surface area contributed by atoms with Crippen LogP contribution in [0.4, 0.5) is 5.69 Å². The molecule has 0 saturated heterocycles. The average Bonchev–Trinajstić information content (AvgIpc) is 2.89. The van der Waals surface area contributed by atoms with Gasteiger partial charge in [0, 0.05) is 36.2 Å². The number of unbranched alkanes of at least 4 members (excludes halogenated alkanes) is 1. The van der Waals surface area contributed by atoms with Gasteiger partial charge in [0.15, 0.2) is 0 Å². The van der Waals surface area contributed by atoms with Gasteiger partial charge in [-0.2, -0.15) is 0 Å². The molecule has 0 spiro atoms. The first-order valence-electron chi connectivity index (χ1n) is 12.9. The van der Waals surface area contributed by atoms with Crippen LogP contribution < -0.4 is 9.64 Å². The third-order valence-corrected chi connectivity index (χ3v) is 6.22. The summed E-state index contributed by atoms with van der Waals surface area (Å²) in [4.78, 5) is 27.2. The molecule has 0 saturated carbocycles. The number of nitrogens with zero attached hydrogens (tertiary/aromatic N) is 1. The van der Waals surface area contributed by atoms with Crippen molar-refractivity contribution in [2.75, 3.05) is 4.90 Å². The van der Waals surface area contributed by atoms with Gasteiger partial charge in [0.25, 0.3) is 5.91 Å². The molecule has 1 aliphatic rings. The Morgan fingerprint density at radius 3 is 2.11 bits per heavy atom. The molecule has 5 nitrogen and oxygen atoms in total. The molecule has 5 heteroatoms. The SMILES string of the molecule is C=C(C)C(=O)N(Cc1ccc(C#Cc2ccc(CCCC)cc2)cc1)c1ccc2c(c1)C(=O)OC(C)(C)O2. The van der Waals surface area contributed by atoms with E-state index in [1.807, 2.05) is 24.3 Å². The van der Waals surface area contributed by atoms with Gasteiger partial charge in [-0.1, -0.05) is 56.0 Å². The lowest BCUT2D eigenvalue weighted by molar-refractivity contribution is -0.127. The molecule has 0 aliphatic carbocycles. The van der Waals surface area contributed by atoms with E-state index in [0.717, 1.165) is 23.1 Å². The van der Waals surface area contributed by atoms with Crippen molar-refractivity contribution in [1.82, 2.24) is 0 Å². The van der Waals surface area contributed by atoms with Gasteiger partial charge in [0.2, 0.25) is 5.79 Å². The zero-order valence-electron chi connectivity index (χ0n) is 22.5. The van der Waals surface area contributed by atoms with Crippen LogP contribution in [0.1, 0.15) is 73.1 Å². The first kappa shape index (κ1) is 26.8. The normalized spacial score (nSPS) is 13.3. The van der Waals surface area contributed by atoms with Crippen LogP contribution in [0.2, 0.25) is 0 Å². The summed E-state index contributed by atoms with van der Waals surface area (Å²) in [5.41, 5.74) is 5.36. The Balaban J connectivity index is 1.52. The number of hydrogen-bond acceptors (Lipinski definition) is 4. The monoisotopic (exact) mass is 507 g/mol. The Morgan fingerprint density at radius 2 is 1.53 bits per heavy atom. The molecule has 194 valence electrons. The minimum Gasteiger partial charge on any atom is -0.452 e. The molecule has 0 N–H and O–H groups in total. The number of aryl methyl sites for hydroxylation is 1. The van der Waals surface area contributed by atoms with Crippen LogP contribution in [-0.2, 0) is 22.5 Å². The molecule has 0 atom stereocenters. The number of amides is 1. The van der Waals surface area contributed by atoms with Crippen LogP contribution in [0.25, 0.3) is 0 Å². The van der Waals surface area contributed by atoms with E-state index in [0.29, 0.717) is 23.6 Å². The van der Waals surface area contributed by atoms with Crippen molar-refractivity contribution in [2.24, 2.45) is 0 Å². The Bertz CT molecular complexity index is 1410. The summed E-state index contributed by atoms with van der Waals surface area (Å²) in [5.74, 6) is 5.10. The molecule has 1 heterocycles. The maximum atomic E-state index is 13.1. The molecule has 1 aliphatic heterocycles. The van der Waals surface area contributed by atoms with Crippen molar-refractivity contribution in [3.63, 3.8) is 0 Å². The molecule has 38 heavy (non-hydrogen) atoms. The number of hydrogen-bond donors (Lipinski definition) is 0. The Morgan fingerprint density at radius 1 is 0.921 bits per heavy atom. The first-order chi connectivity index (χ1) is 18.1. The van der Waals surface area contributed by atoms with Crippen LogP contribution in [0.3, 0.4) is 0 Å². The molecular weight excluding hydrogens is 474 g/mol. The molecule has 0 bridgehead atoms. The third kappa shape index (κ3) is 6.52. The fourth-order valence-corrected chi connectivity index (χ4v) is 4.17. The largest absolute Gasteiger partial charge is 0.452 e. The standard InChI is InChI=1S/C33H33NO4/c1-6-7-8-24-9-11-25(12-10-24)13-14-26-15-17-27(18-16-26)22-34(31(35)23(2)3)28-19-20-30-29(21-28)32(36)38-33(4,5)37-30/h9-12,15-21H,2,6-8,22H2,1,3-5H3. The number of esters is 1. The second-order valence-corrected chi connectivity index (χ2v) is 9.99. The van der Waals surface area contributed by atoms with Gasteiger partial charge in [0.1, 0.15) is 11.3 Å². The van der Waals surface area contributed by atoms with Crippen molar-refractivity contribution >= 4 is 17.6 Å². The van der Waals surface area contributed by atoms with Crippen molar-refractivity contribution in [3.8, 4) is 17.6 Å². The maximum Gasteiger partial charge on any atom is 0.345 e. The summed E-state index contributed by atoms with van der Waals surface area (Å²) < 4.78 is 11.1. The van der Waals surface area contributed by atoms with Crippen LogP contribution in [0.15, 0.2) is 78.9 Å². The van der Waals surface area contributed by atoms with Gasteiger partial charge in [-0.25, -0.2) is 4.79 Å². The predicted molar refractivity (Wildman–Crippen MR) is 150 cm³/mol. The van der Waals surface area contributed by atoms with Crippen LogP contribution in [0, 0.1) is 11.8 Å². The van der Waals surface area contributed by atoms with E-state index in [4.69, 9.17) is 9.47 Å².